The second-order valence-corrected chi connectivity index (χ2v) is 5.83. The topological polar surface area (TPSA) is 24.1 Å². The molecular formula is C13H24N2S. The Kier molecular flexibility index (Phi) is 4.45. The van der Waals surface area contributed by atoms with Crippen molar-refractivity contribution in [3.63, 3.8) is 0 Å². The number of hydrogen-bond acceptors (Lipinski definition) is 1. The van der Waals surface area contributed by atoms with E-state index in [0.717, 1.165) is 23.5 Å². The van der Waals surface area contributed by atoms with Crippen LogP contribution in [0, 0.1) is 11.8 Å². The van der Waals surface area contributed by atoms with Crippen molar-refractivity contribution in [1.82, 2.24) is 10.6 Å². The zero-order valence-corrected chi connectivity index (χ0v) is 11.1. The van der Waals surface area contributed by atoms with Crippen LogP contribution in [0.3, 0.4) is 0 Å². The van der Waals surface area contributed by atoms with Crippen LogP contribution in [-0.4, -0.2) is 17.7 Å². The van der Waals surface area contributed by atoms with Crippen LogP contribution in [-0.2, 0) is 0 Å². The first kappa shape index (κ1) is 12.2. The highest BCUT2D eigenvalue weighted by molar-refractivity contribution is 7.80. The summed E-state index contributed by atoms with van der Waals surface area (Å²) in [6.45, 7) is 3.40. The van der Waals surface area contributed by atoms with Crippen molar-refractivity contribution in [3.8, 4) is 0 Å². The van der Waals surface area contributed by atoms with Crippen molar-refractivity contribution >= 4 is 17.3 Å². The molecule has 0 unspecified atom stereocenters. The molecule has 0 radical (unpaired) electrons. The second kappa shape index (κ2) is 5.85. The van der Waals surface area contributed by atoms with Gasteiger partial charge in [-0.15, -0.1) is 0 Å². The SMILES string of the molecule is CCC1CCC(CNC(=S)NC2CC2)CC1. The molecule has 3 heteroatoms. The van der Waals surface area contributed by atoms with Crippen LogP contribution in [0.15, 0.2) is 0 Å². The molecule has 2 rings (SSSR count). The molecule has 0 aromatic heterocycles. The Balaban J connectivity index is 1.57. The standard InChI is InChI=1S/C13H24N2S/c1-2-10-3-5-11(6-4-10)9-14-13(16)15-12-7-8-12/h10-12H,2-9H2,1H3,(H2,14,15,16). The van der Waals surface area contributed by atoms with Crippen LogP contribution in [0.1, 0.15) is 51.9 Å². The number of nitrogens with one attached hydrogen (secondary N) is 2. The van der Waals surface area contributed by atoms with Crippen molar-refractivity contribution in [2.45, 2.75) is 57.9 Å². The Morgan fingerprint density at radius 1 is 1.06 bits per heavy atom. The van der Waals surface area contributed by atoms with E-state index in [1.54, 1.807) is 0 Å². The van der Waals surface area contributed by atoms with Crippen molar-refractivity contribution in [2.75, 3.05) is 6.54 Å². The first-order valence-corrected chi connectivity index (χ1v) is 7.23. The van der Waals surface area contributed by atoms with E-state index in [9.17, 15) is 0 Å². The molecule has 0 aromatic carbocycles. The lowest BCUT2D eigenvalue weighted by molar-refractivity contribution is 0.269. The molecule has 0 aliphatic heterocycles. The van der Waals surface area contributed by atoms with Crippen LogP contribution in [0.5, 0.6) is 0 Å². The fraction of sp³-hybridized carbons (Fsp3) is 0.923. The number of hydrogen-bond donors (Lipinski definition) is 2. The van der Waals surface area contributed by atoms with Gasteiger partial charge in [-0.1, -0.05) is 26.2 Å². The molecule has 92 valence electrons. The van der Waals surface area contributed by atoms with Gasteiger partial charge >= 0.3 is 0 Å². The monoisotopic (exact) mass is 240 g/mol. The Bertz CT molecular complexity index is 230. The average Bonchev–Trinajstić information content (AvgIpc) is 3.11. The maximum Gasteiger partial charge on any atom is 0.166 e. The van der Waals surface area contributed by atoms with E-state index >= 15 is 0 Å². The van der Waals surface area contributed by atoms with E-state index < -0.39 is 0 Å². The predicted octanol–water partition coefficient (Wildman–Crippen LogP) is 2.83. The zero-order valence-electron chi connectivity index (χ0n) is 10.3. The smallest absolute Gasteiger partial charge is 0.166 e. The van der Waals surface area contributed by atoms with Gasteiger partial charge in [0.2, 0.25) is 0 Å². The molecular weight excluding hydrogens is 216 g/mol. The molecule has 2 saturated carbocycles. The Morgan fingerprint density at radius 3 is 2.25 bits per heavy atom. The van der Waals surface area contributed by atoms with Crippen molar-refractivity contribution < 1.29 is 0 Å². The third kappa shape index (κ3) is 3.93. The summed E-state index contributed by atoms with van der Waals surface area (Å²) in [7, 11) is 0. The largest absolute Gasteiger partial charge is 0.362 e. The van der Waals surface area contributed by atoms with Gasteiger partial charge in [0.25, 0.3) is 0 Å². The second-order valence-electron chi connectivity index (χ2n) is 5.42. The van der Waals surface area contributed by atoms with Gasteiger partial charge in [-0.05, 0) is 49.7 Å². The van der Waals surface area contributed by atoms with Crippen LogP contribution >= 0.6 is 12.2 Å². The van der Waals surface area contributed by atoms with Crippen LogP contribution in [0.4, 0.5) is 0 Å². The van der Waals surface area contributed by atoms with Gasteiger partial charge in [-0.25, -0.2) is 0 Å². The Morgan fingerprint density at radius 2 is 1.69 bits per heavy atom. The molecule has 2 aliphatic rings. The highest BCUT2D eigenvalue weighted by atomic mass is 32.1. The minimum atomic E-state index is 0.677. The molecule has 16 heavy (non-hydrogen) atoms. The van der Waals surface area contributed by atoms with E-state index in [4.69, 9.17) is 12.2 Å². The lowest BCUT2D eigenvalue weighted by atomic mass is 9.81. The van der Waals surface area contributed by atoms with Gasteiger partial charge in [0.1, 0.15) is 0 Å². The molecule has 0 spiro atoms. The van der Waals surface area contributed by atoms with Gasteiger partial charge in [0, 0.05) is 12.6 Å². The van der Waals surface area contributed by atoms with Crippen molar-refractivity contribution in [3.05, 3.63) is 0 Å². The summed E-state index contributed by atoms with van der Waals surface area (Å²) in [6, 6.07) is 0.677. The maximum absolute atomic E-state index is 5.26. The average molecular weight is 240 g/mol. The fourth-order valence-electron chi connectivity index (χ4n) is 2.54. The van der Waals surface area contributed by atoms with E-state index in [0.29, 0.717) is 6.04 Å². The van der Waals surface area contributed by atoms with Crippen molar-refractivity contribution in [2.24, 2.45) is 11.8 Å². The highest BCUT2D eigenvalue weighted by Crippen LogP contribution is 2.30. The van der Waals surface area contributed by atoms with Gasteiger partial charge in [0.05, 0.1) is 0 Å². The van der Waals surface area contributed by atoms with Gasteiger partial charge in [-0.3, -0.25) is 0 Å². The lowest BCUT2D eigenvalue weighted by Crippen LogP contribution is -2.39. The first-order valence-electron chi connectivity index (χ1n) is 6.82. The zero-order chi connectivity index (χ0) is 11.4. The minimum absolute atomic E-state index is 0.677. The Hall–Kier alpha value is -0.310. The van der Waals surface area contributed by atoms with E-state index in [-0.39, 0.29) is 0 Å². The van der Waals surface area contributed by atoms with Gasteiger partial charge in [0.15, 0.2) is 5.11 Å². The van der Waals surface area contributed by atoms with E-state index in [2.05, 4.69) is 17.6 Å². The molecule has 2 nitrogen and oxygen atoms in total. The fourth-order valence-corrected chi connectivity index (χ4v) is 2.79. The van der Waals surface area contributed by atoms with E-state index in [1.807, 2.05) is 0 Å². The van der Waals surface area contributed by atoms with Crippen molar-refractivity contribution in [1.29, 1.82) is 0 Å². The molecule has 0 bridgehead atoms. The summed E-state index contributed by atoms with van der Waals surface area (Å²) >= 11 is 5.26. The predicted molar refractivity (Wildman–Crippen MR) is 72.5 cm³/mol. The van der Waals surface area contributed by atoms with Crippen LogP contribution in [0.25, 0.3) is 0 Å². The highest BCUT2D eigenvalue weighted by Gasteiger charge is 2.23. The molecule has 2 aliphatic carbocycles. The summed E-state index contributed by atoms with van der Waals surface area (Å²) in [4.78, 5) is 0. The molecule has 0 heterocycles. The molecule has 0 amide bonds. The summed E-state index contributed by atoms with van der Waals surface area (Å²) in [5.74, 6) is 1.84. The summed E-state index contributed by atoms with van der Waals surface area (Å²) in [5.41, 5.74) is 0. The molecule has 2 N–H and O–H groups in total. The quantitative estimate of drug-likeness (QED) is 0.739. The number of thiocarbonyl (C=S) groups is 1. The summed E-state index contributed by atoms with van der Waals surface area (Å²) < 4.78 is 0. The Labute approximate surface area is 105 Å². The third-order valence-corrected chi connectivity index (χ3v) is 4.27. The first-order chi connectivity index (χ1) is 7.78. The normalized spacial score (nSPS) is 29.8. The molecule has 0 aromatic rings. The van der Waals surface area contributed by atoms with Gasteiger partial charge < -0.3 is 10.6 Å². The number of rotatable bonds is 4. The minimum Gasteiger partial charge on any atom is -0.362 e. The van der Waals surface area contributed by atoms with Crippen LogP contribution < -0.4 is 10.6 Å². The maximum atomic E-state index is 5.26. The summed E-state index contributed by atoms with van der Waals surface area (Å²) in [6.07, 6.45) is 9.57. The summed E-state index contributed by atoms with van der Waals surface area (Å²) in [5, 5.41) is 7.59. The van der Waals surface area contributed by atoms with E-state index in [1.165, 1.54) is 44.9 Å². The van der Waals surface area contributed by atoms with Gasteiger partial charge in [-0.2, -0.15) is 0 Å². The molecule has 0 saturated heterocycles. The molecule has 0 atom stereocenters. The molecule has 2 fully saturated rings. The third-order valence-electron chi connectivity index (χ3n) is 4.01. The lowest BCUT2D eigenvalue weighted by Gasteiger charge is -2.28. The van der Waals surface area contributed by atoms with Crippen LogP contribution in [0.2, 0.25) is 0 Å².